The molecule has 1 amide bonds. The third-order valence-corrected chi connectivity index (χ3v) is 3.12. The maximum atomic E-state index is 12.1. The molecule has 0 saturated heterocycles. The third-order valence-electron chi connectivity index (χ3n) is 2.68. The molecule has 108 valence electrons. The van der Waals surface area contributed by atoms with Gasteiger partial charge in [0.2, 0.25) is 6.10 Å². The Bertz CT molecular complexity index is 654. The topological polar surface area (TPSA) is 69.4 Å². The van der Waals surface area contributed by atoms with Crippen molar-refractivity contribution in [1.82, 2.24) is 0 Å². The zero-order chi connectivity index (χ0) is 15.4. The number of benzene rings is 2. The van der Waals surface area contributed by atoms with Crippen LogP contribution >= 0.6 is 23.2 Å². The number of primary amides is 1. The summed E-state index contributed by atoms with van der Waals surface area (Å²) in [5.41, 5.74) is 5.93. The highest BCUT2D eigenvalue weighted by molar-refractivity contribution is 6.35. The molecule has 0 aliphatic carbocycles. The van der Waals surface area contributed by atoms with Gasteiger partial charge in [-0.2, -0.15) is 0 Å². The van der Waals surface area contributed by atoms with Crippen LogP contribution in [0.3, 0.4) is 0 Å². The first-order valence-electron chi connectivity index (χ1n) is 5.98. The van der Waals surface area contributed by atoms with Crippen LogP contribution in [0.4, 0.5) is 0 Å². The van der Waals surface area contributed by atoms with Crippen molar-refractivity contribution in [2.24, 2.45) is 5.73 Å². The van der Waals surface area contributed by atoms with Gasteiger partial charge >= 0.3 is 5.97 Å². The van der Waals surface area contributed by atoms with Crippen molar-refractivity contribution in [3.63, 3.8) is 0 Å². The Morgan fingerprint density at radius 1 is 1.00 bits per heavy atom. The fourth-order valence-electron chi connectivity index (χ4n) is 1.76. The monoisotopic (exact) mass is 323 g/mol. The predicted molar refractivity (Wildman–Crippen MR) is 80.3 cm³/mol. The first-order valence-corrected chi connectivity index (χ1v) is 6.74. The van der Waals surface area contributed by atoms with Gasteiger partial charge in [0.15, 0.2) is 0 Å². The zero-order valence-corrected chi connectivity index (χ0v) is 12.3. The normalized spacial score (nSPS) is 11.7. The first-order chi connectivity index (χ1) is 9.97. The third kappa shape index (κ3) is 3.97. The molecule has 0 aromatic heterocycles. The lowest BCUT2D eigenvalue weighted by atomic mass is 10.1. The lowest BCUT2D eigenvalue weighted by molar-refractivity contribution is -0.127. The van der Waals surface area contributed by atoms with Crippen LogP contribution < -0.4 is 5.73 Å². The van der Waals surface area contributed by atoms with Crippen molar-refractivity contribution < 1.29 is 14.3 Å². The standard InChI is InChI=1S/C15H11Cl2NO3/c16-11-6-10(7-12(17)8-11)15(20)21-13(14(18)19)9-4-2-1-3-5-9/h1-8,13H,(H2,18,19)/t13-/m0/s1. The molecule has 21 heavy (non-hydrogen) atoms. The fourth-order valence-corrected chi connectivity index (χ4v) is 2.29. The molecule has 0 radical (unpaired) electrons. The summed E-state index contributed by atoms with van der Waals surface area (Å²) < 4.78 is 5.16. The predicted octanol–water partition coefficient (Wildman–Crippen LogP) is 3.38. The molecular weight excluding hydrogens is 313 g/mol. The van der Waals surface area contributed by atoms with E-state index in [1.807, 2.05) is 0 Å². The van der Waals surface area contributed by atoms with Gasteiger partial charge in [0.1, 0.15) is 0 Å². The minimum Gasteiger partial charge on any atom is -0.444 e. The molecule has 0 aliphatic rings. The van der Waals surface area contributed by atoms with E-state index in [0.29, 0.717) is 15.6 Å². The summed E-state index contributed by atoms with van der Waals surface area (Å²) in [5, 5.41) is 0.592. The van der Waals surface area contributed by atoms with Gasteiger partial charge < -0.3 is 10.5 Å². The molecule has 0 heterocycles. The number of hydrogen-bond donors (Lipinski definition) is 1. The van der Waals surface area contributed by atoms with E-state index in [2.05, 4.69) is 0 Å². The first kappa shape index (κ1) is 15.4. The second kappa shape index (κ2) is 6.61. The molecule has 0 unspecified atom stereocenters. The van der Waals surface area contributed by atoms with Crippen molar-refractivity contribution >= 4 is 35.1 Å². The Balaban J connectivity index is 2.25. The molecule has 1 atom stereocenters. The highest BCUT2D eigenvalue weighted by Gasteiger charge is 2.23. The second-order valence-electron chi connectivity index (χ2n) is 4.26. The van der Waals surface area contributed by atoms with E-state index in [1.165, 1.54) is 18.2 Å². The summed E-state index contributed by atoms with van der Waals surface area (Å²) in [7, 11) is 0. The number of carbonyl (C=O) groups excluding carboxylic acids is 2. The van der Waals surface area contributed by atoms with Crippen LogP contribution in [0.25, 0.3) is 0 Å². The van der Waals surface area contributed by atoms with Gasteiger partial charge in [-0.15, -0.1) is 0 Å². The minimum absolute atomic E-state index is 0.148. The van der Waals surface area contributed by atoms with Gasteiger partial charge in [0.05, 0.1) is 5.56 Å². The van der Waals surface area contributed by atoms with Gasteiger partial charge in [-0.25, -0.2) is 4.79 Å². The summed E-state index contributed by atoms with van der Waals surface area (Å²) in [6, 6.07) is 12.8. The highest BCUT2D eigenvalue weighted by Crippen LogP contribution is 2.23. The van der Waals surface area contributed by atoms with Crippen molar-refractivity contribution in [3.8, 4) is 0 Å². The van der Waals surface area contributed by atoms with E-state index in [0.717, 1.165) is 0 Å². The molecule has 0 spiro atoms. The maximum Gasteiger partial charge on any atom is 0.339 e. The van der Waals surface area contributed by atoms with Crippen molar-refractivity contribution in [2.75, 3.05) is 0 Å². The fraction of sp³-hybridized carbons (Fsp3) is 0.0667. The van der Waals surface area contributed by atoms with Crippen molar-refractivity contribution in [2.45, 2.75) is 6.10 Å². The average molecular weight is 324 g/mol. The number of carbonyl (C=O) groups is 2. The Labute approximate surface area is 131 Å². The minimum atomic E-state index is -1.17. The van der Waals surface area contributed by atoms with Crippen molar-refractivity contribution in [1.29, 1.82) is 0 Å². The van der Waals surface area contributed by atoms with Crippen LogP contribution in [0.1, 0.15) is 22.0 Å². The Hall–Kier alpha value is -2.04. The molecular formula is C15H11Cl2NO3. The molecule has 2 aromatic rings. The van der Waals surface area contributed by atoms with E-state index < -0.39 is 18.0 Å². The van der Waals surface area contributed by atoms with Crippen LogP contribution in [0, 0.1) is 0 Å². The summed E-state index contributed by atoms with van der Waals surface area (Å²) in [4.78, 5) is 23.6. The lowest BCUT2D eigenvalue weighted by Crippen LogP contribution is -2.26. The number of amides is 1. The molecule has 2 aromatic carbocycles. The summed E-state index contributed by atoms with van der Waals surface area (Å²) in [6.45, 7) is 0. The maximum absolute atomic E-state index is 12.1. The number of halogens is 2. The molecule has 0 aliphatic heterocycles. The van der Waals surface area contributed by atoms with E-state index in [4.69, 9.17) is 33.7 Å². The number of hydrogen-bond acceptors (Lipinski definition) is 3. The number of nitrogens with two attached hydrogens (primary N) is 1. The second-order valence-corrected chi connectivity index (χ2v) is 5.13. The molecule has 0 saturated carbocycles. The van der Waals surface area contributed by atoms with E-state index in [9.17, 15) is 9.59 Å². The smallest absolute Gasteiger partial charge is 0.339 e. The molecule has 0 bridgehead atoms. The van der Waals surface area contributed by atoms with Gasteiger partial charge in [-0.3, -0.25) is 4.79 Å². The van der Waals surface area contributed by atoms with E-state index in [-0.39, 0.29) is 5.56 Å². The van der Waals surface area contributed by atoms with Gasteiger partial charge in [-0.1, -0.05) is 53.5 Å². The molecule has 2 rings (SSSR count). The Morgan fingerprint density at radius 2 is 1.57 bits per heavy atom. The number of ether oxygens (including phenoxy) is 1. The summed E-state index contributed by atoms with van der Waals surface area (Å²) in [6.07, 6.45) is -1.17. The SMILES string of the molecule is NC(=O)[C@@H](OC(=O)c1cc(Cl)cc(Cl)c1)c1ccccc1. The van der Waals surface area contributed by atoms with Gasteiger partial charge in [0.25, 0.3) is 5.91 Å². The largest absolute Gasteiger partial charge is 0.444 e. The Morgan fingerprint density at radius 3 is 2.10 bits per heavy atom. The van der Waals surface area contributed by atoms with Crippen molar-refractivity contribution in [3.05, 3.63) is 69.7 Å². The lowest BCUT2D eigenvalue weighted by Gasteiger charge is -2.15. The molecule has 4 nitrogen and oxygen atoms in total. The average Bonchev–Trinajstić information content (AvgIpc) is 2.44. The summed E-state index contributed by atoms with van der Waals surface area (Å²) in [5.74, 6) is -1.49. The number of rotatable bonds is 4. The highest BCUT2D eigenvalue weighted by atomic mass is 35.5. The van der Waals surface area contributed by atoms with Crippen LogP contribution in [0.15, 0.2) is 48.5 Å². The van der Waals surface area contributed by atoms with E-state index >= 15 is 0 Å². The number of esters is 1. The molecule has 2 N–H and O–H groups in total. The Kier molecular flexibility index (Phi) is 4.83. The van der Waals surface area contributed by atoms with Gasteiger partial charge in [0, 0.05) is 15.6 Å². The summed E-state index contributed by atoms with van der Waals surface area (Å²) >= 11 is 11.7. The van der Waals surface area contributed by atoms with E-state index in [1.54, 1.807) is 30.3 Å². The van der Waals surface area contributed by atoms with Crippen LogP contribution in [0.5, 0.6) is 0 Å². The quantitative estimate of drug-likeness (QED) is 0.877. The van der Waals surface area contributed by atoms with Crippen LogP contribution in [-0.4, -0.2) is 11.9 Å². The molecule has 0 fully saturated rings. The van der Waals surface area contributed by atoms with Gasteiger partial charge in [-0.05, 0) is 18.2 Å². The van der Waals surface area contributed by atoms with Crippen LogP contribution in [-0.2, 0) is 9.53 Å². The molecule has 6 heteroatoms. The van der Waals surface area contributed by atoms with Crippen LogP contribution in [0.2, 0.25) is 10.0 Å². The zero-order valence-electron chi connectivity index (χ0n) is 10.8.